The SMILES string of the molecule is CC(N)(C(=O)NCC1(CCO)CCCC1)c1ccccc1. The van der Waals surface area contributed by atoms with E-state index in [4.69, 9.17) is 5.73 Å². The molecule has 1 unspecified atom stereocenters. The van der Waals surface area contributed by atoms with Crippen molar-refractivity contribution in [3.05, 3.63) is 35.9 Å². The third-order valence-corrected chi connectivity index (χ3v) is 4.78. The standard InChI is InChI=1S/C17H26N2O2/c1-16(18,14-7-3-2-4-8-14)15(21)19-13-17(11-12-20)9-5-6-10-17/h2-4,7-8,20H,5-6,9-13,18H2,1H3,(H,19,21). The van der Waals surface area contributed by atoms with Gasteiger partial charge in [-0.3, -0.25) is 4.79 Å². The van der Waals surface area contributed by atoms with Crippen molar-refractivity contribution in [2.75, 3.05) is 13.2 Å². The highest BCUT2D eigenvalue weighted by atomic mass is 16.3. The van der Waals surface area contributed by atoms with Crippen molar-refractivity contribution in [1.29, 1.82) is 0 Å². The van der Waals surface area contributed by atoms with Gasteiger partial charge in [0.25, 0.3) is 0 Å². The molecule has 0 saturated heterocycles. The fourth-order valence-corrected chi connectivity index (χ4v) is 3.24. The molecule has 2 rings (SSSR count). The van der Waals surface area contributed by atoms with Crippen LogP contribution in [0.25, 0.3) is 0 Å². The molecule has 1 fully saturated rings. The lowest BCUT2D eigenvalue weighted by atomic mass is 9.82. The summed E-state index contributed by atoms with van der Waals surface area (Å²) in [4.78, 5) is 12.5. The molecular formula is C17H26N2O2. The molecule has 116 valence electrons. The zero-order chi connectivity index (χ0) is 15.3. The van der Waals surface area contributed by atoms with E-state index in [1.165, 1.54) is 12.8 Å². The quantitative estimate of drug-likeness (QED) is 0.749. The van der Waals surface area contributed by atoms with Gasteiger partial charge in [0.1, 0.15) is 5.54 Å². The van der Waals surface area contributed by atoms with Gasteiger partial charge >= 0.3 is 0 Å². The van der Waals surface area contributed by atoms with E-state index in [-0.39, 0.29) is 17.9 Å². The number of benzene rings is 1. The van der Waals surface area contributed by atoms with E-state index in [2.05, 4.69) is 5.32 Å². The van der Waals surface area contributed by atoms with E-state index >= 15 is 0 Å². The first-order valence-corrected chi connectivity index (χ1v) is 7.74. The van der Waals surface area contributed by atoms with Crippen molar-refractivity contribution in [2.45, 2.75) is 44.6 Å². The van der Waals surface area contributed by atoms with Crippen LogP contribution in [0.4, 0.5) is 0 Å². The first-order chi connectivity index (χ1) is 10.0. The van der Waals surface area contributed by atoms with Crippen LogP contribution in [0.3, 0.4) is 0 Å². The third-order valence-electron chi connectivity index (χ3n) is 4.78. The number of carbonyl (C=O) groups is 1. The van der Waals surface area contributed by atoms with E-state index < -0.39 is 5.54 Å². The van der Waals surface area contributed by atoms with E-state index in [0.29, 0.717) is 6.54 Å². The number of carbonyl (C=O) groups excluding carboxylic acids is 1. The van der Waals surface area contributed by atoms with Gasteiger partial charge in [0.2, 0.25) is 5.91 Å². The molecule has 0 spiro atoms. The highest BCUT2D eigenvalue weighted by molar-refractivity contribution is 5.87. The molecule has 1 aromatic carbocycles. The van der Waals surface area contributed by atoms with Crippen LogP contribution < -0.4 is 11.1 Å². The van der Waals surface area contributed by atoms with Gasteiger partial charge in [-0.15, -0.1) is 0 Å². The molecule has 0 radical (unpaired) electrons. The molecule has 1 amide bonds. The fraction of sp³-hybridized carbons (Fsp3) is 0.588. The molecule has 1 aliphatic rings. The van der Waals surface area contributed by atoms with Gasteiger partial charge in [-0.05, 0) is 37.2 Å². The molecule has 1 atom stereocenters. The van der Waals surface area contributed by atoms with E-state index in [0.717, 1.165) is 24.8 Å². The molecule has 4 heteroatoms. The minimum atomic E-state index is -1.03. The Balaban J connectivity index is 2.00. The first kappa shape index (κ1) is 16.0. The third kappa shape index (κ3) is 3.63. The molecule has 4 N–H and O–H groups in total. The van der Waals surface area contributed by atoms with Crippen LogP contribution in [-0.4, -0.2) is 24.2 Å². The molecule has 0 aromatic heterocycles. The number of hydrogen-bond acceptors (Lipinski definition) is 3. The van der Waals surface area contributed by atoms with Crippen LogP contribution in [-0.2, 0) is 10.3 Å². The van der Waals surface area contributed by atoms with Crippen LogP contribution in [0.15, 0.2) is 30.3 Å². The lowest BCUT2D eigenvalue weighted by Crippen LogP contribution is -2.51. The van der Waals surface area contributed by atoms with Crippen molar-refractivity contribution in [3.63, 3.8) is 0 Å². The summed E-state index contributed by atoms with van der Waals surface area (Å²) in [6, 6.07) is 9.43. The molecule has 1 saturated carbocycles. The van der Waals surface area contributed by atoms with Crippen LogP contribution in [0, 0.1) is 5.41 Å². The predicted molar refractivity (Wildman–Crippen MR) is 83.6 cm³/mol. The first-order valence-electron chi connectivity index (χ1n) is 7.74. The second kappa shape index (κ2) is 6.58. The Bertz CT molecular complexity index is 465. The number of hydrogen-bond donors (Lipinski definition) is 3. The largest absolute Gasteiger partial charge is 0.396 e. The normalized spacial score (nSPS) is 20.0. The number of aliphatic hydroxyl groups is 1. The summed E-state index contributed by atoms with van der Waals surface area (Å²) in [5, 5.41) is 12.3. The predicted octanol–water partition coefficient (Wildman–Crippen LogP) is 1.92. The van der Waals surface area contributed by atoms with Gasteiger partial charge in [-0.25, -0.2) is 0 Å². The maximum atomic E-state index is 12.5. The van der Waals surface area contributed by atoms with Gasteiger partial charge in [-0.1, -0.05) is 43.2 Å². The van der Waals surface area contributed by atoms with E-state index in [1.54, 1.807) is 6.92 Å². The molecule has 4 nitrogen and oxygen atoms in total. The van der Waals surface area contributed by atoms with Crippen LogP contribution in [0.1, 0.15) is 44.6 Å². The minimum absolute atomic E-state index is 0.0528. The Morgan fingerprint density at radius 2 is 1.95 bits per heavy atom. The Kier molecular flexibility index (Phi) is 5.01. The Morgan fingerprint density at radius 3 is 2.52 bits per heavy atom. The van der Waals surface area contributed by atoms with E-state index in [9.17, 15) is 9.90 Å². The lowest BCUT2D eigenvalue weighted by molar-refractivity contribution is -0.126. The number of amides is 1. The molecule has 21 heavy (non-hydrogen) atoms. The summed E-state index contributed by atoms with van der Waals surface area (Å²) < 4.78 is 0. The zero-order valence-corrected chi connectivity index (χ0v) is 12.8. The van der Waals surface area contributed by atoms with Crippen molar-refractivity contribution >= 4 is 5.91 Å². The van der Waals surface area contributed by atoms with Gasteiger partial charge < -0.3 is 16.2 Å². The topological polar surface area (TPSA) is 75.4 Å². The minimum Gasteiger partial charge on any atom is -0.396 e. The van der Waals surface area contributed by atoms with Crippen molar-refractivity contribution in [2.24, 2.45) is 11.1 Å². The second-order valence-electron chi connectivity index (χ2n) is 6.43. The smallest absolute Gasteiger partial charge is 0.244 e. The van der Waals surface area contributed by atoms with Crippen LogP contribution in [0.2, 0.25) is 0 Å². The Hall–Kier alpha value is -1.39. The average Bonchev–Trinajstić information content (AvgIpc) is 2.95. The Morgan fingerprint density at radius 1 is 1.33 bits per heavy atom. The average molecular weight is 290 g/mol. The molecule has 1 aromatic rings. The highest BCUT2D eigenvalue weighted by Crippen LogP contribution is 2.40. The summed E-state index contributed by atoms with van der Waals surface area (Å²) in [6.45, 7) is 2.52. The highest BCUT2D eigenvalue weighted by Gasteiger charge is 2.36. The van der Waals surface area contributed by atoms with Gasteiger partial charge in [-0.2, -0.15) is 0 Å². The summed E-state index contributed by atoms with van der Waals surface area (Å²) in [7, 11) is 0. The fourth-order valence-electron chi connectivity index (χ4n) is 3.24. The number of nitrogens with one attached hydrogen (secondary N) is 1. The number of nitrogens with two attached hydrogens (primary N) is 1. The van der Waals surface area contributed by atoms with Crippen molar-refractivity contribution in [1.82, 2.24) is 5.32 Å². The van der Waals surface area contributed by atoms with Gasteiger partial charge in [0.05, 0.1) is 0 Å². The van der Waals surface area contributed by atoms with Crippen LogP contribution >= 0.6 is 0 Å². The second-order valence-corrected chi connectivity index (χ2v) is 6.43. The van der Waals surface area contributed by atoms with Crippen molar-refractivity contribution in [3.8, 4) is 0 Å². The number of rotatable bonds is 6. The number of aliphatic hydroxyl groups excluding tert-OH is 1. The molecule has 0 heterocycles. The maximum Gasteiger partial charge on any atom is 0.244 e. The summed E-state index contributed by atoms with van der Waals surface area (Å²) in [6.07, 6.45) is 5.24. The summed E-state index contributed by atoms with van der Waals surface area (Å²) in [5.41, 5.74) is 6.06. The van der Waals surface area contributed by atoms with Gasteiger partial charge in [0.15, 0.2) is 0 Å². The van der Waals surface area contributed by atoms with E-state index in [1.807, 2.05) is 30.3 Å². The lowest BCUT2D eigenvalue weighted by Gasteiger charge is -2.31. The molecular weight excluding hydrogens is 264 g/mol. The Labute approximate surface area is 126 Å². The molecule has 0 aliphatic heterocycles. The van der Waals surface area contributed by atoms with Gasteiger partial charge in [0, 0.05) is 13.2 Å². The summed E-state index contributed by atoms with van der Waals surface area (Å²) in [5.74, 6) is -0.155. The maximum absolute atomic E-state index is 12.5. The zero-order valence-electron chi connectivity index (χ0n) is 12.8. The molecule has 0 bridgehead atoms. The summed E-state index contributed by atoms with van der Waals surface area (Å²) >= 11 is 0. The molecule has 1 aliphatic carbocycles. The monoisotopic (exact) mass is 290 g/mol. The van der Waals surface area contributed by atoms with Crippen LogP contribution in [0.5, 0.6) is 0 Å². The van der Waals surface area contributed by atoms with Crippen molar-refractivity contribution < 1.29 is 9.90 Å².